The van der Waals surface area contributed by atoms with Crippen molar-refractivity contribution in [1.82, 2.24) is 0 Å². The lowest BCUT2D eigenvalue weighted by molar-refractivity contribution is -0.118. The quantitative estimate of drug-likeness (QED) is 0.132. The predicted octanol–water partition coefficient (Wildman–Crippen LogP) is 11.4. The molecule has 3 saturated carbocycles. The molecule has 0 saturated heterocycles. The Bertz CT molecular complexity index is 2040. The van der Waals surface area contributed by atoms with E-state index in [1.165, 1.54) is 73.6 Å². The number of hydrogen-bond acceptors (Lipinski definition) is 5. The summed E-state index contributed by atoms with van der Waals surface area (Å²) in [4.78, 5) is 23.0. The lowest BCUT2D eigenvalue weighted by atomic mass is 9.86. The molecule has 0 spiro atoms. The van der Waals surface area contributed by atoms with Crippen LogP contribution in [-0.2, 0) is 16.0 Å². The number of carbonyl (C=O) groups is 2. The van der Waals surface area contributed by atoms with Crippen LogP contribution in [0.2, 0.25) is 0 Å². The van der Waals surface area contributed by atoms with Gasteiger partial charge >= 0.3 is 0 Å². The first-order valence-electron chi connectivity index (χ1n) is 21.0. The second-order valence-corrected chi connectivity index (χ2v) is 15.9. The molecule has 7 nitrogen and oxygen atoms in total. The Morgan fingerprint density at radius 3 is 1.33 bits per heavy atom. The zero-order valence-corrected chi connectivity index (χ0v) is 34.6. The summed E-state index contributed by atoms with van der Waals surface area (Å²) in [5.41, 5.74) is 24.3. The normalized spacial score (nSPS) is 14.9. The van der Waals surface area contributed by atoms with Crippen LogP contribution in [0, 0.1) is 0 Å². The number of carbonyl (C=O) groups excluding carboxylic acids is 2. The maximum atomic E-state index is 12.1. The summed E-state index contributed by atoms with van der Waals surface area (Å²) in [6, 6.07) is 27.1. The molecule has 2 amide bonds. The fourth-order valence-corrected chi connectivity index (χ4v) is 8.53. The molecule has 3 fully saturated rings. The van der Waals surface area contributed by atoms with Crippen LogP contribution in [-0.4, -0.2) is 33.1 Å². The van der Waals surface area contributed by atoms with Gasteiger partial charge in [0.2, 0.25) is 11.8 Å². The number of hydrogen-bond donors (Lipinski definition) is 2. The van der Waals surface area contributed by atoms with Crippen LogP contribution < -0.4 is 25.7 Å². The highest BCUT2D eigenvalue weighted by molar-refractivity contribution is 5.76. The van der Waals surface area contributed by atoms with Crippen molar-refractivity contribution in [2.45, 2.75) is 102 Å². The number of rotatable bonds is 14. The van der Waals surface area contributed by atoms with Crippen LogP contribution >= 0.6 is 0 Å². The minimum absolute atomic E-state index is 0.124. The molecule has 0 aromatic heterocycles. The highest BCUT2D eigenvalue weighted by Gasteiger charge is 2.21. The van der Waals surface area contributed by atoms with Crippen molar-refractivity contribution in [1.29, 1.82) is 0 Å². The molecular weight excluding hydrogens is 721 g/mol. The molecule has 7 rings (SSSR count). The molecule has 0 unspecified atom stereocenters. The Morgan fingerprint density at radius 1 is 0.534 bits per heavy atom. The lowest BCUT2D eigenvalue weighted by Crippen LogP contribution is -2.16. The summed E-state index contributed by atoms with van der Waals surface area (Å²) in [5, 5.41) is 0. The fourth-order valence-electron chi connectivity index (χ4n) is 8.53. The predicted molar refractivity (Wildman–Crippen MR) is 237 cm³/mol. The second kappa shape index (κ2) is 20.7. The Balaban J connectivity index is 0.000000203. The minimum Gasteiger partial charge on any atom is -0.496 e. The minimum atomic E-state index is -0.307. The molecule has 7 heteroatoms. The third-order valence-corrected chi connectivity index (χ3v) is 11.7. The van der Waals surface area contributed by atoms with Gasteiger partial charge in [-0.1, -0.05) is 77.4 Å². The van der Waals surface area contributed by atoms with Crippen molar-refractivity contribution in [3.63, 3.8) is 0 Å². The van der Waals surface area contributed by atoms with E-state index in [1.54, 1.807) is 21.3 Å². The summed E-state index contributed by atoms with van der Waals surface area (Å²) in [6.07, 6.45) is 22.7. The van der Waals surface area contributed by atoms with Gasteiger partial charge in [-0.05, 0) is 148 Å². The van der Waals surface area contributed by atoms with Gasteiger partial charge in [0, 0.05) is 35.4 Å². The molecule has 58 heavy (non-hydrogen) atoms. The van der Waals surface area contributed by atoms with Crippen molar-refractivity contribution < 1.29 is 23.8 Å². The van der Waals surface area contributed by atoms with Crippen LogP contribution in [0.1, 0.15) is 129 Å². The third-order valence-electron chi connectivity index (χ3n) is 11.7. The molecule has 0 atom stereocenters. The van der Waals surface area contributed by atoms with Crippen molar-refractivity contribution in [3.05, 3.63) is 129 Å². The molecule has 4 aromatic carbocycles. The summed E-state index contributed by atoms with van der Waals surface area (Å²) >= 11 is 0. The smallest absolute Gasteiger partial charge is 0.218 e. The SMILES string of the molecule is COc1ccc(-c2ccc(CCC(N)=O)cc2)cc1C=C1CCCC1.COc1ccc(C(CC(N)=O)c2ccc(OC)c(C=C3CCCC3)c2)cc1C=C1CCCC1. The van der Waals surface area contributed by atoms with Gasteiger partial charge in [-0.15, -0.1) is 0 Å². The third kappa shape index (κ3) is 11.5. The van der Waals surface area contributed by atoms with E-state index in [2.05, 4.69) is 78.9 Å². The maximum Gasteiger partial charge on any atom is 0.218 e. The first kappa shape index (κ1) is 42.1. The Hall–Kier alpha value is -5.56. The van der Waals surface area contributed by atoms with Crippen molar-refractivity contribution in [2.75, 3.05) is 21.3 Å². The van der Waals surface area contributed by atoms with Crippen molar-refractivity contribution in [2.24, 2.45) is 11.5 Å². The Kier molecular flexibility index (Phi) is 15.0. The van der Waals surface area contributed by atoms with Crippen LogP contribution in [0.25, 0.3) is 29.4 Å². The van der Waals surface area contributed by atoms with Crippen LogP contribution in [0.4, 0.5) is 0 Å². The topological polar surface area (TPSA) is 114 Å². The Labute approximate surface area is 345 Å². The molecule has 0 bridgehead atoms. The first-order valence-corrected chi connectivity index (χ1v) is 21.0. The molecule has 4 N–H and O–H groups in total. The second-order valence-electron chi connectivity index (χ2n) is 15.9. The number of amides is 2. The van der Waals surface area contributed by atoms with Crippen LogP contribution in [0.3, 0.4) is 0 Å². The van der Waals surface area contributed by atoms with Gasteiger partial charge in [0.1, 0.15) is 17.2 Å². The van der Waals surface area contributed by atoms with Crippen LogP contribution in [0.5, 0.6) is 17.2 Å². The van der Waals surface area contributed by atoms with Crippen molar-refractivity contribution in [3.8, 4) is 28.4 Å². The van der Waals surface area contributed by atoms with E-state index in [0.717, 1.165) is 81.9 Å². The molecule has 4 aromatic rings. The van der Waals surface area contributed by atoms with Gasteiger partial charge in [-0.25, -0.2) is 0 Å². The number of nitrogens with two attached hydrogens (primary N) is 2. The fraction of sp³-hybridized carbons (Fsp3) is 0.373. The summed E-state index contributed by atoms with van der Waals surface area (Å²) in [6.45, 7) is 0. The molecule has 3 aliphatic carbocycles. The van der Waals surface area contributed by atoms with E-state index in [-0.39, 0.29) is 24.2 Å². The van der Waals surface area contributed by atoms with E-state index in [0.29, 0.717) is 12.8 Å². The number of ether oxygens (including phenoxy) is 3. The van der Waals surface area contributed by atoms with Gasteiger partial charge in [-0.2, -0.15) is 0 Å². The van der Waals surface area contributed by atoms with Crippen molar-refractivity contribution >= 4 is 30.0 Å². The Morgan fingerprint density at radius 2 is 0.931 bits per heavy atom. The molecule has 3 aliphatic rings. The van der Waals surface area contributed by atoms with Gasteiger partial charge in [0.05, 0.1) is 21.3 Å². The molecule has 0 aliphatic heterocycles. The van der Waals surface area contributed by atoms with E-state index in [1.807, 2.05) is 18.2 Å². The first-order chi connectivity index (χ1) is 28.2. The molecule has 0 heterocycles. The maximum absolute atomic E-state index is 12.1. The van der Waals surface area contributed by atoms with E-state index < -0.39 is 0 Å². The highest BCUT2D eigenvalue weighted by atomic mass is 16.5. The van der Waals surface area contributed by atoms with E-state index in [9.17, 15) is 9.59 Å². The average molecular weight is 781 g/mol. The van der Waals surface area contributed by atoms with Gasteiger partial charge in [0.25, 0.3) is 0 Å². The van der Waals surface area contributed by atoms with E-state index in [4.69, 9.17) is 25.7 Å². The number of benzene rings is 4. The lowest BCUT2D eigenvalue weighted by Gasteiger charge is -2.20. The summed E-state index contributed by atoms with van der Waals surface area (Å²) in [5.74, 6) is 1.94. The van der Waals surface area contributed by atoms with Gasteiger partial charge < -0.3 is 25.7 Å². The number of aryl methyl sites for hydroxylation is 1. The number of primary amides is 2. The molecule has 0 radical (unpaired) electrons. The summed E-state index contributed by atoms with van der Waals surface area (Å²) in [7, 11) is 5.14. The zero-order chi connectivity index (χ0) is 40.9. The largest absolute Gasteiger partial charge is 0.496 e. The van der Waals surface area contributed by atoms with E-state index >= 15 is 0 Å². The standard InChI is InChI=1S/C29H35NO3.C22H25NO2/c1-32-27-13-11-22(17-24(27)15-20-7-3-4-8-20)26(19-29(30)31)23-12-14-28(33-2)25(18-23)16-21-9-5-6-10-21;1-25-21-12-11-19(15-20(21)14-17-4-2-3-5-17)18-9-6-16(7-10-18)8-13-22(23)24/h11-18,26H,3-10,19H2,1-2H3,(H2,30,31);6-7,9-12,14-15H,2-5,8,13H2,1H3,(H2,23,24). The molecular formula is C51H60N2O5. The van der Waals surface area contributed by atoms with Gasteiger partial charge in [0.15, 0.2) is 0 Å². The summed E-state index contributed by atoms with van der Waals surface area (Å²) < 4.78 is 16.8. The average Bonchev–Trinajstić information content (AvgIpc) is 4.06. The van der Waals surface area contributed by atoms with Gasteiger partial charge in [-0.3, -0.25) is 9.59 Å². The monoisotopic (exact) mass is 780 g/mol. The van der Waals surface area contributed by atoms with Crippen LogP contribution in [0.15, 0.2) is 95.6 Å². The molecule has 304 valence electrons. The number of methoxy groups -OCH3 is 3. The zero-order valence-electron chi connectivity index (χ0n) is 34.6. The number of allylic oxidation sites excluding steroid dienone is 3. The highest BCUT2D eigenvalue weighted by Crippen LogP contribution is 2.38.